The molecule has 0 unspecified atom stereocenters. The van der Waals surface area contributed by atoms with E-state index in [0.29, 0.717) is 23.6 Å². The number of carbonyl (C=O) groups excluding carboxylic acids is 3. The van der Waals surface area contributed by atoms with Crippen molar-refractivity contribution in [1.82, 2.24) is 4.90 Å². The fourth-order valence-electron chi connectivity index (χ4n) is 3.38. The minimum absolute atomic E-state index is 0.183. The van der Waals surface area contributed by atoms with E-state index in [0.717, 1.165) is 32.3 Å². The predicted octanol–water partition coefficient (Wildman–Crippen LogP) is 6.15. The standard InChI is InChI=1S/C26H20BrFN2O4S/c1-16-3-2-4-17(11-16)15-34-22-10-5-19(27)12-18(22)13-23-25(32)30(26(33)35-23)14-24(31)29-21-8-6-20(28)7-9-21/h2-13H,14-15H2,1H3,(H,29,31)/b23-13-. The average Bonchev–Trinajstić information content (AvgIpc) is 3.07. The molecule has 178 valence electrons. The van der Waals surface area contributed by atoms with E-state index in [1.165, 1.54) is 24.3 Å². The van der Waals surface area contributed by atoms with Crippen LogP contribution in [0.15, 0.2) is 76.1 Å². The summed E-state index contributed by atoms with van der Waals surface area (Å²) in [4.78, 5) is 38.8. The first-order chi connectivity index (χ1) is 16.8. The van der Waals surface area contributed by atoms with Crippen molar-refractivity contribution in [2.24, 2.45) is 0 Å². The molecule has 0 spiro atoms. The second-order valence-electron chi connectivity index (χ2n) is 7.78. The molecule has 0 radical (unpaired) electrons. The Morgan fingerprint density at radius 2 is 1.89 bits per heavy atom. The molecule has 35 heavy (non-hydrogen) atoms. The molecule has 3 aromatic rings. The van der Waals surface area contributed by atoms with Gasteiger partial charge in [-0.05, 0) is 72.8 Å². The van der Waals surface area contributed by atoms with Crippen molar-refractivity contribution in [2.75, 3.05) is 11.9 Å². The van der Waals surface area contributed by atoms with Crippen molar-refractivity contribution in [2.45, 2.75) is 13.5 Å². The van der Waals surface area contributed by atoms with Gasteiger partial charge >= 0.3 is 0 Å². The Bertz CT molecular complexity index is 1330. The van der Waals surface area contributed by atoms with E-state index in [2.05, 4.69) is 21.2 Å². The van der Waals surface area contributed by atoms with Crippen LogP contribution in [0.25, 0.3) is 6.08 Å². The monoisotopic (exact) mass is 554 g/mol. The topological polar surface area (TPSA) is 75.7 Å². The van der Waals surface area contributed by atoms with E-state index >= 15 is 0 Å². The van der Waals surface area contributed by atoms with Crippen LogP contribution in [0.5, 0.6) is 5.75 Å². The van der Waals surface area contributed by atoms with Crippen LogP contribution in [0.2, 0.25) is 0 Å². The molecule has 0 aromatic heterocycles. The van der Waals surface area contributed by atoms with Gasteiger partial charge in [0.2, 0.25) is 5.91 Å². The fourth-order valence-corrected chi connectivity index (χ4v) is 4.59. The Kier molecular flexibility index (Phi) is 7.67. The van der Waals surface area contributed by atoms with Crippen molar-refractivity contribution in [3.05, 3.63) is 98.6 Å². The van der Waals surface area contributed by atoms with Crippen molar-refractivity contribution < 1.29 is 23.5 Å². The Hall–Kier alpha value is -3.43. The molecular formula is C26H20BrFN2O4S. The van der Waals surface area contributed by atoms with E-state index < -0.39 is 29.4 Å². The molecular weight excluding hydrogens is 535 g/mol. The third kappa shape index (κ3) is 6.37. The number of rotatable bonds is 7. The van der Waals surface area contributed by atoms with Crippen LogP contribution >= 0.6 is 27.7 Å². The lowest BCUT2D eigenvalue weighted by Gasteiger charge is -2.13. The highest BCUT2D eigenvalue weighted by Gasteiger charge is 2.36. The van der Waals surface area contributed by atoms with Crippen molar-refractivity contribution >= 4 is 56.5 Å². The molecule has 0 saturated carbocycles. The number of hydrogen-bond acceptors (Lipinski definition) is 5. The maximum Gasteiger partial charge on any atom is 0.294 e. The number of nitrogens with one attached hydrogen (secondary N) is 1. The first-order valence-electron chi connectivity index (χ1n) is 10.6. The molecule has 1 heterocycles. The summed E-state index contributed by atoms with van der Waals surface area (Å²) in [5, 5.41) is 2.00. The molecule has 6 nitrogen and oxygen atoms in total. The Balaban J connectivity index is 1.48. The highest BCUT2D eigenvalue weighted by Crippen LogP contribution is 2.35. The van der Waals surface area contributed by atoms with Gasteiger partial charge in [0, 0.05) is 15.7 Å². The third-order valence-corrected chi connectivity index (χ3v) is 6.44. The minimum Gasteiger partial charge on any atom is -0.488 e. The first-order valence-corrected chi connectivity index (χ1v) is 12.2. The minimum atomic E-state index is -0.570. The van der Waals surface area contributed by atoms with Gasteiger partial charge in [-0.2, -0.15) is 0 Å². The van der Waals surface area contributed by atoms with E-state index in [1.807, 2.05) is 37.3 Å². The van der Waals surface area contributed by atoms with Crippen molar-refractivity contribution in [3.63, 3.8) is 0 Å². The molecule has 3 aromatic carbocycles. The summed E-state index contributed by atoms with van der Waals surface area (Å²) < 4.78 is 19.8. The van der Waals surface area contributed by atoms with Gasteiger partial charge in [-0.1, -0.05) is 45.8 Å². The lowest BCUT2D eigenvalue weighted by molar-refractivity contribution is -0.127. The maximum atomic E-state index is 13.0. The van der Waals surface area contributed by atoms with Gasteiger partial charge in [0.1, 0.15) is 24.7 Å². The number of thioether (sulfide) groups is 1. The zero-order valence-corrected chi connectivity index (χ0v) is 21.0. The van der Waals surface area contributed by atoms with E-state index in [1.54, 1.807) is 18.2 Å². The SMILES string of the molecule is Cc1cccc(COc2ccc(Br)cc2/C=C2\SC(=O)N(CC(=O)Nc3ccc(F)cc3)C2=O)c1. The zero-order valence-electron chi connectivity index (χ0n) is 18.6. The highest BCUT2D eigenvalue weighted by molar-refractivity contribution is 9.10. The normalized spacial score (nSPS) is 14.5. The molecule has 1 saturated heterocycles. The lowest BCUT2D eigenvalue weighted by atomic mass is 10.1. The molecule has 1 aliphatic rings. The predicted molar refractivity (Wildman–Crippen MR) is 137 cm³/mol. The zero-order chi connectivity index (χ0) is 24.9. The van der Waals surface area contributed by atoms with Crippen LogP contribution < -0.4 is 10.1 Å². The number of benzene rings is 3. The van der Waals surface area contributed by atoms with Crippen LogP contribution in [-0.4, -0.2) is 28.5 Å². The van der Waals surface area contributed by atoms with Gasteiger partial charge in [0.25, 0.3) is 11.1 Å². The number of carbonyl (C=O) groups is 3. The number of amides is 3. The molecule has 1 N–H and O–H groups in total. The smallest absolute Gasteiger partial charge is 0.294 e. The second kappa shape index (κ2) is 10.9. The highest BCUT2D eigenvalue weighted by atomic mass is 79.9. The number of anilines is 1. The lowest BCUT2D eigenvalue weighted by Crippen LogP contribution is -2.36. The summed E-state index contributed by atoms with van der Waals surface area (Å²) in [5.41, 5.74) is 3.11. The van der Waals surface area contributed by atoms with Gasteiger partial charge in [-0.25, -0.2) is 4.39 Å². The van der Waals surface area contributed by atoms with Crippen LogP contribution in [-0.2, 0) is 16.2 Å². The van der Waals surface area contributed by atoms with Gasteiger partial charge < -0.3 is 10.1 Å². The number of halogens is 2. The number of ether oxygens (including phenoxy) is 1. The van der Waals surface area contributed by atoms with Crippen molar-refractivity contribution in [3.8, 4) is 5.75 Å². The molecule has 0 aliphatic carbocycles. The van der Waals surface area contributed by atoms with Crippen LogP contribution in [0.3, 0.4) is 0 Å². The summed E-state index contributed by atoms with van der Waals surface area (Å²) in [7, 11) is 0. The van der Waals surface area contributed by atoms with Gasteiger partial charge in [-0.15, -0.1) is 0 Å². The molecule has 0 atom stereocenters. The van der Waals surface area contributed by atoms with Gasteiger partial charge in [-0.3, -0.25) is 19.3 Å². The van der Waals surface area contributed by atoms with Gasteiger partial charge in [0.05, 0.1) is 4.91 Å². The van der Waals surface area contributed by atoms with Crippen LogP contribution in [0.1, 0.15) is 16.7 Å². The fraction of sp³-hybridized carbons (Fsp3) is 0.115. The Morgan fingerprint density at radius 1 is 1.11 bits per heavy atom. The maximum absolute atomic E-state index is 13.0. The van der Waals surface area contributed by atoms with E-state index in [9.17, 15) is 18.8 Å². The third-order valence-electron chi connectivity index (χ3n) is 5.04. The molecule has 9 heteroatoms. The summed E-state index contributed by atoms with van der Waals surface area (Å²) in [6.45, 7) is 1.90. The first kappa shape index (κ1) is 24.7. The summed E-state index contributed by atoms with van der Waals surface area (Å²) in [6, 6.07) is 18.6. The Morgan fingerprint density at radius 3 is 2.63 bits per heavy atom. The molecule has 0 bridgehead atoms. The second-order valence-corrected chi connectivity index (χ2v) is 9.69. The average molecular weight is 555 g/mol. The van der Waals surface area contributed by atoms with E-state index in [4.69, 9.17) is 4.74 Å². The van der Waals surface area contributed by atoms with Gasteiger partial charge in [0.15, 0.2) is 0 Å². The molecule has 3 amide bonds. The summed E-state index contributed by atoms with van der Waals surface area (Å²) in [6.07, 6.45) is 1.58. The number of nitrogens with zero attached hydrogens (tertiary/aromatic N) is 1. The summed E-state index contributed by atoms with van der Waals surface area (Å²) >= 11 is 4.18. The molecule has 1 aliphatic heterocycles. The van der Waals surface area contributed by atoms with Crippen molar-refractivity contribution in [1.29, 1.82) is 0 Å². The number of aryl methyl sites for hydroxylation is 1. The number of hydrogen-bond donors (Lipinski definition) is 1. The van der Waals surface area contributed by atoms with Crippen LogP contribution in [0.4, 0.5) is 14.9 Å². The Labute approximate surface area is 214 Å². The summed E-state index contributed by atoms with van der Waals surface area (Å²) in [5.74, 6) is -1.02. The largest absolute Gasteiger partial charge is 0.488 e. The van der Waals surface area contributed by atoms with Crippen LogP contribution in [0, 0.1) is 12.7 Å². The van der Waals surface area contributed by atoms with E-state index in [-0.39, 0.29) is 4.91 Å². The molecule has 1 fully saturated rings. The molecule has 4 rings (SSSR count). The number of imide groups is 1. The quantitative estimate of drug-likeness (QED) is 0.354.